The third-order valence-corrected chi connectivity index (χ3v) is 6.58. The van der Waals surface area contributed by atoms with E-state index in [9.17, 15) is 13.2 Å². The first-order chi connectivity index (χ1) is 9.30. The lowest BCUT2D eigenvalue weighted by Gasteiger charge is -2.27. The summed E-state index contributed by atoms with van der Waals surface area (Å²) in [6.07, 6.45) is 6.42. The average Bonchev–Trinajstić information content (AvgIpc) is 2.81. The molecule has 0 aromatic carbocycles. The van der Waals surface area contributed by atoms with Gasteiger partial charge in [-0.15, -0.1) is 0 Å². The van der Waals surface area contributed by atoms with Gasteiger partial charge < -0.3 is 11.1 Å². The Morgan fingerprint density at radius 1 is 1.30 bits per heavy atom. The summed E-state index contributed by atoms with van der Waals surface area (Å²) in [5.41, 5.74) is 5.96. The van der Waals surface area contributed by atoms with Crippen LogP contribution >= 0.6 is 0 Å². The first-order valence-electron chi connectivity index (χ1n) is 7.51. The maximum atomic E-state index is 12.3. The van der Waals surface area contributed by atoms with E-state index < -0.39 is 9.84 Å². The van der Waals surface area contributed by atoms with Gasteiger partial charge in [0, 0.05) is 24.3 Å². The van der Waals surface area contributed by atoms with Gasteiger partial charge in [0.2, 0.25) is 5.91 Å². The molecule has 5 nitrogen and oxygen atoms in total. The number of sulfone groups is 1. The van der Waals surface area contributed by atoms with Gasteiger partial charge >= 0.3 is 0 Å². The zero-order valence-corrected chi connectivity index (χ0v) is 12.8. The third kappa shape index (κ3) is 2.72. The van der Waals surface area contributed by atoms with Gasteiger partial charge in [0.25, 0.3) is 0 Å². The van der Waals surface area contributed by atoms with E-state index in [2.05, 4.69) is 5.32 Å². The van der Waals surface area contributed by atoms with Crippen LogP contribution in [0.1, 0.15) is 32.1 Å². The summed E-state index contributed by atoms with van der Waals surface area (Å²) in [4.78, 5) is 12.3. The molecule has 0 aliphatic heterocycles. The molecule has 3 fully saturated rings. The molecule has 3 N–H and O–H groups in total. The summed E-state index contributed by atoms with van der Waals surface area (Å²) in [6, 6.07) is -0.00110. The minimum absolute atomic E-state index is 0.00110. The van der Waals surface area contributed by atoms with Crippen LogP contribution in [0.3, 0.4) is 0 Å². The van der Waals surface area contributed by atoms with Crippen molar-refractivity contribution in [3.05, 3.63) is 0 Å². The average molecular weight is 300 g/mol. The summed E-state index contributed by atoms with van der Waals surface area (Å²) in [5, 5.41) is 2.98. The van der Waals surface area contributed by atoms with Crippen LogP contribution in [-0.4, -0.2) is 38.9 Å². The van der Waals surface area contributed by atoms with Gasteiger partial charge in [-0.3, -0.25) is 4.79 Å². The van der Waals surface area contributed by atoms with E-state index in [1.165, 1.54) is 6.26 Å². The third-order valence-electron chi connectivity index (χ3n) is 5.45. The van der Waals surface area contributed by atoms with Crippen molar-refractivity contribution < 1.29 is 13.2 Å². The second kappa shape index (κ2) is 4.70. The molecule has 3 aliphatic rings. The number of carbonyl (C=O) groups excluding carboxylic acids is 1. The highest BCUT2D eigenvalue weighted by Gasteiger charge is 2.50. The van der Waals surface area contributed by atoms with Gasteiger partial charge in [0.1, 0.15) is 9.84 Å². The quantitative estimate of drug-likeness (QED) is 0.764. The van der Waals surface area contributed by atoms with Gasteiger partial charge in [0.05, 0.1) is 11.7 Å². The second-order valence-electron chi connectivity index (χ2n) is 7.22. The Kier molecular flexibility index (Phi) is 3.36. The Morgan fingerprint density at radius 2 is 1.95 bits per heavy atom. The fraction of sp³-hybridized carbons (Fsp3) is 0.929. The van der Waals surface area contributed by atoms with Crippen molar-refractivity contribution in [1.82, 2.24) is 5.32 Å². The second-order valence-corrected chi connectivity index (χ2v) is 9.36. The van der Waals surface area contributed by atoms with Gasteiger partial charge in [-0.2, -0.15) is 0 Å². The van der Waals surface area contributed by atoms with E-state index >= 15 is 0 Å². The molecule has 0 aromatic rings. The van der Waals surface area contributed by atoms with Crippen molar-refractivity contribution in [2.75, 3.05) is 18.6 Å². The molecule has 3 aliphatic carbocycles. The van der Waals surface area contributed by atoms with Gasteiger partial charge in [-0.1, -0.05) is 0 Å². The van der Waals surface area contributed by atoms with Crippen LogP contribution < -0.4 is 11.1 Å². The molecule has 114 valence electrons. The molecule has 6 heteroatoms. The number of rotatable bonds is 5. The molecule has 4 atom stereocenters. The van der Waals surface area contributed by atoms with Crippen molar-refractivity contribution in [2.24, 2.45) is 28.9 Å². The molecule has 20 heavy (non-hydrogen) atoms. The lowest BCUT2D eigenvalue weighted by Crippen LogP contribution is -2.47. The number of carbonyl (C=O) groups is 1. The predicted octanol–water partition coefficient (Wildman–Crippen LogP) is 0.301. The number of hydrogen-bond acceptors (Lipinski definition) is 4. The predicted molar refractivity (Wildman–Crippen MR) is 76.7 cm³/mol. The molecule has 1 amide bonds. The fourth-order valence-corrected chi connectivity index (χ4v) is 5.73. The number of hydrogen-bond donors (Lipinski definition) is 2. The molecule has 3 rings (SSSR count). The monoisotopic (exact) mass is 300 g/mol. The SMILES string of the molecule is CS(=O)(=O)CC1(CNC(=O)C2C3CCC(C3)C2N)CC1. The van der Waals surface area contributed by atoms with Crippen molar-refractivity contribution in [2.45, 2.75) is 38.1 Å². The minimum atomic E-state index is -2.98. The van der Waals surface area contributed by atoms with Crippen molar-refractivity contribution in [3.8, 4) is 0 Å². The molecule has 3 saturated carbocycles. The molecule has 2 bridgehead atoms. The molecule has 0 saturated heterocycles. The van der Waals surface area contributed by atoms with E-state index in [1.54, 1.807) is 0 Å². The molecule has 0 spiro atoms. The number of fused-ring (bicyclic) bond motifs is 2. The topological polar surface area (TPSA) is 89.3 Å². The van der Waals surface area contributed by atoms with E-state index in [0.717, 1.165) is 32.1 Å². The minimum Gasteiger partial charge on any atom is -0.355 e. The first kappa shape index (κ1) is 14.3. The van der Waals surface area contributed by atoms with Crippen LogP contribution in [0, 0.1) is 23.2 Å². The Balaban J connectivity index is 1.55. The fourth-order valence-electron chi connectivity index (χ4n) is 4.22. The zero-order valence-electron chi connectivity index (χ0n) is 12.0. The lowest BCUT2D eigenvalue weighted by molar-refractivity contribution is -0.127. The van der Waals surface area contributed by atoms with Gasteiger partial charge in [0.15, 0.2) is 0 Å². The van der Waals surface area contributed by atoms with Crippen LogP contribution in [0.25, 0.3) is 0 Å². The van der Waals surface area contributed by atoms with Crippen LogP contribution in [0.15, 0.2) is 0 Å². The Hall–Kier alpha value is -0.620. The number of nitrogens with one attached hydrogen (secondary N) is 1. The van der Waals surface area contributed by atoms with E-state index in [4.69, 9.17) is 5.73 Å². The molecular weight excluding hydrogens is 276 g/mol. The van der Waals surface area contributed by atoms with Crippen LogP contribution in [0.2, 0.25) is 0 Å². The zero-order chi connectivity index (χ0) is 14.5. The largest absolute Gasteiger partial charge is 0.355 e. The van der Waals surface area contributed by atoms with Crippen molar-refractivity contribution in [1.29, 1.82) is 0 Å². The lowest BCUT2D eigenvalue weighted by atomic mass is 9.84. The molecule has 0 aromatic heterocycles. The van der Waals surface area contributed by atoms with Gasteiger partial charge in [-0.25, -0.2) is 8.42 Å². The van der Waals surface area contributed by atoms with E-state index in [-0.39, 0.29) is 29.0 Å². The van der Waals surface area contributed by atoms with Crippen LogP contribution in [0.4, 0.5) is 0 Å². The molecule has 0 radical (unpaired) electrons. The Bertz CT molecular complexity index is 511. The van der Waals surface area contributed by atoms with Crippen molar-refractivity contribution >= 4 is 15.7 Å². The number of nitrogens with two attached hydrogens (primary N) is 1. The highest BCUT2D eigenvalue weighted by atomic mass is 32.2. The van der Waals surface area contributed by atoms with Crippen molar-refractivity contribution in [3.63, 3.8) is 0 Å². The molecule has 4 unspecified atom stereocenters. The van der Waals surface area contributed by atoms with E-state index in [0.29, 0.717) is 18.4 Å². The van der Waals surface area contributed by atoms with Crippen LogP contribution in [0.5, 0.6) is 0 Å². The highest BCUT2D eigenvalue weighted by Crippen LogP contribution is 2.48. The van der Waals surface area contributed by atoms with E-state index in [1.807, 2.05) is 0 Å². The highest BCUT2D eigenvalue weighted by molar-refractivity contribution is 7.90. The summed E-state index contributed by atoms with van der Waals surface area (Å²) in [7, 11) is -2.98. The normalized spacial score (nSPS) is 37.9. The smallest absolute Gasteiger partial charge is 0.224 e. The van der Waals surface area contributed by atoms with Crippen LogP contribution in [-0.2, 0) is 14.6 Å². The molecule has 0 heterocycles. The maximum absolute atomic E-state index is 12.3. The Labute approximate surface area is 120 Å². The summed E-state index contributed by atoms with van der Waals surface area (Å²) >= 11 is 0. The first-order valence-corrected chi connectivity index (χ1v) is 9.57. The maximum Gasteiger partial charge on any atom is 0.224 e. The summed E-state index contributed by atoms with van der Waals surface area (Å²) in [6.45, 7) is 0.486. The standard InChI is InChI=1S/C14H24N2O3S/c1-20(18,19)8-14(4-5-14)7-16-13(17)11-9-2-3-10(6-9)12(11)15/h9-12H,2-8,15H2,1H3,(H,16,17). The van der Waals surface area contributed by atoms with Gasteiger partial charge in [-0.05, 0) is 43.9 Å². The number of amides is 1. The molecular formula is C14H24N2O3S. The Morgan fingerprint density at radius 3 is 2.45 bits per heavy atom. The summed E-state index contributed by atoms with van der Waals surface area (Å²) < 4.78 is 22.8. The summed E-state index contributed by atoms with van der Waals surface area (Å²) in [5.74, 6) is 1.14.